The van der Waals surface area contributed by atoms with Crippen LogP contribution in [-0.4, -0.2) is 33.9 Å². The van der Waals surface area contributed by atoms with Crippen molar-refractivity contribution in [2.75, 3.05) is 13.1 Å². The molecule has 1 saturated heterocycles. The molecular weight excluding hydrogens is 360 g/mol. The van der Waals surface area contributed by atoms with E-state index in [-0.39, 0.29) is 5.56 Å². The summed E-state index contributed by atoms with van der Waals surface area (Å²) < 4.78 is 1.44. The summed E-state index contributed by atoms with van der Waals surface area (Å²) >= 11 is 5.94. The molecule has 2 aromatic carbocycles. The standard InChI is InChI=1S/C21H21ClN4O/c22-17-10-8-16(9-11-17)14-23-26-20(15-25-12-4-1-5-13-25)24-19-7-3-2-6-18(19)21(26)27/h2-3,6-11,14H,1,4-5,12-13,15H2. The van der Waals surface area contributed by atoms with Crippen LogP contribution in [0.2, 0.25) is 5.02 Å². The van der Waals surface area contributed by atoms with Crippen LogP contribution in [0.3, 0.4) is 0 Å². The van der Waals surface area contributed by atoms with E-state index >= 15 is 0 Å². The third-order valence-corrected chi connectivity index (χ3v) is 5.08. The Kier molecular flexibility index (Phi) is 5.32. The van der Waals surface area contributed by atoms with Crippen molar-refractivity contribution in [1.29, 1.82) is 0 Å². The number of hydrogen-bond acceptors (Lipinski definition) is 4. The Bertz CT molecular complexity index is 1020. The topological polar surface area (TPSA) is 50.5 Å². The van der Waals surface area contributed by atoms with E-state index in [1.807, 2.05) is 30.3 Å². The van der Waals surface area contributed by atoms with Crippen molar-refractivity contribution in [1.82, 2.24) is 14.6 Å². The van der Waals surface area contributed by atoms with Crippen LogP contribution in [-0.2, 0) is 6.54 Å². The summed E-state index contributed by atoms with van der Waals surface area (Å²) in [6.07, 6.45) is 5.31. The number of piperidine rings is 1. The summed E-state index contributed by atoms with van der Waals surface area (Å²) in [6.45, 7) is 2.69. The smallest absolute Gasteiger partial charge is 0.282 e. The average Bonchev–Trinajstić information content (AvgIpc) is 2.70. The van der Waals surface area contributed by atoms with Crippen molar-refractivity contribution < 1.29 is 0 Å². The zero-order valence-corrected chi connectivity index (χ0v) is 15.8. The highest BCUT2D eigenvalue weighted by Crippen LogP contribution is 2.14. The molecule has 0 amide bonds. The van der Waals surface area contributed by atoms with Crippen LogP contribution < -0.4 is 5.56 Å². The molecule has 1 aliphatic heterocycles. The molecule has 1 aromatic heterocycles. The Morgan fingerprint density at radius 1 is 1.04 bits per heavy atom. The van der Waals surface area contributed by atoms with Gasteiger partial charge in [-0.25, -0.2) is 4.98 Å². The first kappa shape index (κ1) is 17.9. The summed E-state index contributed by atoms with van der Waals surface area (Å²) in [5.41, 5.74) is 1.45. The lowest BCUT2D eigenvalue weighted by Crippen LogP contribution is -2.33. The van der Waals surface area contributed by atoms with Crippen molar-refractivity contribution in [3.8, 4) is 0 Å². The van der Waals surface area contributed by atoms with Gasteiger partial charge in [0.25, 0.3) is 5.56 Å². The molecule has 27 heavy (non-hydrogen) atoms. The van der Waals surface area contributed by atoms with Gasteiger partial charge >= 0.3 is 0 Å². The Labute approximate surface area is 162 Å². The number of benzene rings is 2. The maximum Gasteiger partial charge on any atom is 0.282 e. The predicted molar refractivity (Wildman–Crippen MR) is 110 cm³/mol. The fourth-order valence-electron chi connectivity index (χ4n) is 3.38. The summed E-state index contributed by atoms with van der Waals surface area (Å²) in [6, 6.07) is 14.8. The van der Waals surface area contributed by atoms with Gasteiger partial charge in [0, 0.05) is 5.02 Å². The first-order valence-corrected chi connectivity index (χ1v) is 9.61. The van der Waals surface area contributed by atoms with Gasteiger partial charge in [0.1, 0.15) is 5.82 Å². The molecule has 0 spiro atoms. The monoisotopic (exact) mass is 380 g/mol. The summed E-state index contributed by atoms with van der Waals surface area (Å²) in [5, 5.41) is 5.71. The number of rotatable bonds is 4. The molecule has 138 valence electrons. The molecule has 1 fully saturated rings. The SMILES string of the molecule is O=c1c2ccccc2nc(CN2CCCCC2)n1N=Cc1ccc(Cl)cc1. The molecule has 2 heterocycles. The zero-order valence-electron chi connectivity index (χ0n) is 15.0. The number of aromatic nitrogens is 2. The number of fused-ring (bicyclic) bond motifs is 1. The molecule has 1 aliphatic rings. The van der Waals surface area contributed by atoms with Gasteiger partial charge in [0.15, 0.2) is 0 Å². The minimum Gasteiger partial charge on any atom is -0.296 e. The molecule has 3 aromatic rings. The van der Waals surface area contributed by atoms with Crippen molar-refractivity contribution in [3.63, 3.8) is 0 Å². The van der Waals surface area contributed by atoms with Gasteiger partial charge in [-0.1, -0.05) is 42.3 Å². The lowest BCUT2D eigenvalue weighted by atomic mass is 10.1. The highest BCUT2D eigenvalue weighted by atomic mass is 35.5. The number of hydrogen-bond donors (Lipinski definition) is 0. The quantitative estimate of drug-likeness (QED) is 0.644. The highest BCUT2D eigenvalue weighted by Gasteiger charge is 2.16. The minimum absolute atomic E-state index is 0.141. The second-order valence-corrected chi connectivity index (χ2v) is 7.23. The summed E-state index contributed by atoms with van der Waals surface area (Å²) in [7, 11) is 0. The Morgan fingerprint density at radius 2 is 1.78 bits per heavy atom. The molecule has 0 N–H and O–H groups in total. The maximum absolute atomic E-state index is 13.0. The largest absolute Gasteiger partial charge is 0.296 e. The second-order valence-electron chi connectivity index (χ2n) is 6.80. The summed E-state index contributed by atoms with van der Waals surface area (Å²) in [4.78, 5) is 20.1. The van der Waals surface area contributed by atoms with E-state index in [0.29, 0.717) is 28.3 Å². The van der Waals surface area contributed by atoms with Crippen LogP contribution in [0.4, 0.5) is 0 Å². The van der Waals surface area contributed by atoms with Crippen molar-refractivity contribution in [2.24, 2.45) is 5.10 Å². The van der Waals surface area contributed by atoms with Crippen molar-refractivity contribution in [2.45, 2.75) is 25.8 Å². The molecule has 4 rings (SSSR count). The average molecular weight is 381 g/mol. The highest BCUT2D eigenvalue weighted by molar-refractivity contribution is 6.30. The fraction of sp³-hybridized carbons (Fsp3) is 0.286. The van der Waals surface area contributed by atoms with E-state index in [1.165, 1.54) is 23.9 Å². The molecule has 0 saturated carbocycles. The fourth-order valence-corrected chi connectivity index (χ4v) is 3.51. The number of halogens is 1. The van der Waals surface area contributed by atoms with Gasteiger partial charge in [0.2, 0.25) is 0 Å². The van der Waals surface area contributed by atoms with Crippen LogP contribution in [0, 0.1) is 0 Å². The van der Waals surface area contributed by atoms with Gasteiger partial charge in [-0.05, 0) is 55.8 Å². The molecule has 0 bridgehead atoms. The van der Waals surface area contributed by atoms with Gasteiger partial charge in [-0.3, -0.25) is 9.69 Å². The molecule has 0 radical (unpaired) electrons. The van der Waals surface area contributed by atoms with Crippen LogP contribution >= 0.6 is 11.6 Å². The lowest BCUT2D eigenvalue weighted by Gasteiger charge is -2.26. The number of nitrogens with zero attached hydrogens (tertiary/aromatic N) is 4. The van der Waals surface area contributed by atoms with E-state index in [9.17, 15) is 4.79 Å². The molecule has 5 nitrogen and oxygen atoms in total. The van der Waals surface area contributed by atoms with Crippen LogP contribution in [0.15, 0.2) is 58.4 Å². The van der Waals surface area contributed by atoms with E-state index in [0.717, 1.165) is 18.7 Å². The van der Waals surface area contributed by atoms with E-state index in [1.54, 1.807) is 24.4 Å². The second kappa shape index (κ2) is 8.03. The van der Waals surface area contributed by atoms with E-state index in [2.05, 4.69) is 10.0 Å². The Morgan fingerprint density at radius 3 is 2.56 bits per heavy atom. The van der Waals surface area contributed by atoms with E-state index in [4.69, 9.17) is 16.6 Å². The predicted octanol–water partition coefficient (Wildman–Crippen LogP) is 3.92. The number of likely N-dealkylation sites (tertiary alicyclic amines) is 1. The van der Waals surface area contributed by atoms with Gasteiger partial charge in [-0.2, -0.15) is 9.78 Å². The number of para-hydroxylation sites is 1. The Balaban J connectivity index is 1.75. The Hall–Kier alpha value is -2.50. The lowest BCUT2D eigenvalue weighted by molar-refractivity contribution is 0.213. The third-order valence-electron chi connectivity index (χ3n) is 4.83. The van der Waals surface area contributed by atoms with Crippen molar-refractivity contribution in [3.05, 3.63) is 75.3 Å². The summed E-state index contributed by atoms with van der Waals surface area (Å²) in [5.74, 6) is 0.672. The molecule has 0 aliphatic carbocycles. The minimum atomic E-state index is -0.141. The molecule has 6 heteroatoms. The van der Waals surface area contributed by atoms with Crippen molar-refractivity contribution >= 4 is 28.7 Å². The molecule has 0 unspecified atom stereocenters. The van der Waals surface area contributed by atoms with Crippen LogP contribution in [0.1, 0.15) is 30.7 Å². The van der Waals surface area contributed by atoms with E-state index < -0.39 is 0 Å². The van der Waals surface area contributed by atoms with Crippen LogP contribution in [0.5, 0.6) is 0 Å². The van der Waals surface area contributed by atoms with Crippen LogP contribution in [0.25, 0.3) is 10.9 Å². The van der Waals surface area contributed by atoms with Gasteiger partial charge in [0.05, 0.1) is 23.7 Å². The molecule has 0 atom stereocenters. The molecular formula is C21H21ClN4O. The third kappa shape index (κ3) is 4.10. The van der Waals surface area contributed by atoms with Gasteiger partial charge < -0.3 is 0 Å². The maximum atomic E-state index is 13.0. The zero-order chi connectivity index (χ0) is 18.6. The first-order chi connectivity index (χ1) is 13.2. The van der Waals surface area contributed by atoms with Gasteiger partial charge in [-0.15, -0.1) is 0 Å². The normalized spacial score (nSPS) is 15.6. The first-order valence-electron chi connectivity index (χ1n) is 9.24.